The van der Waals surface area contributed by atoms with Crippen LogP contribution in [0.5, 0.6) is 0 Å². The van der Waals surface area contributed by atoms with Gasteiger partial charge >= 0.3 is 0 Å². The molecule has 0 atom stereocenters. The van der Waals surface area contributed by atoms with Crippen molar-refractivity contribution in [1.29, 1.82) is 0 Å². The van der Waals surface area contributed by atoms with E-state index < -0.39 is 0 Å². The van der Waals surface area contributed by atoms with Gasteiger partial charge < -0.3 is 0 Å². The van der Waals surface area contributed by atoms with Gasteiger partial charge in [0.15, 0.2) is 0 Å². The van der Waals surface area contributed by atoms with Crippen molar-refractivity contribution < 1.29 is 4.39 Å². The van der Waals surface area contributed by atoms with Gasteiger partial charge in [0.1, 0.15) is 5.82 Å². The van der Waals surface area contributed by atoms with Crippen LogP contribution in [0.2, 0.25) is 0 Å². The van der Waals surface area contributed by atoms with Gasteiger partial charge in [-0.25, -0.2) is 4.39 Å². The second-order valence-corrected chi connectivity index (χ2v) is 7.54. The normalized spacial score (nSPS) is 17.5. The third-order valence-corrected chi connectivity index (χ3v) is 6.68. The first-order valence-corrected chi connectivity index (χ1v) is 8.18. The Bertz CT molecular complexity index is 536. The molecular formula is C15H14FNS2. The van der Waals surface area contributed by atoms with Crippen molar-refractivity contribution in [3.05, 3.63) is 65.7 Å². The lowest BCUT2D eigenvalue weighted by Crippen LogP contribution is -2.18. The number of aromatic nitrogens is 1. The Balaban J connectivity index is 1.91. The topological polar surface area (TPSA) is 12.9 Å². The van der Waals surface area contributed by atoms with Crippen LogP contribution in [0.15, 0.2) is 48.8 Å². The molecule has 0 N–H and O–H groups in total. The predicted molar refractivity (Wildman–Crippen MR) is 80.9 cm³/mol. The molecule has 3 rings (SSSR count). The number of benzene rings is 1. The molecule has 0 amide bonds. The molecule has 1 saturated heterocycles. The maximum Gasteiger partial charge on any atom is 0.123 e. The number of rotatable bonds is 3. The average Bonchev–Trinajstić information content (AvgIpc) is 2.92. The van der Waals surface area contributed by atoms with Gasteiger partial charge in [-0.2, -0.15) is 0 Å². The van der Waals surface area contributed by atoms with Crippen molar-refractivity contribution in [2.75, 3.05) is 11.5 Å². The highest BCUT2D eigenvalue weighted by atomic mass is 32.2. The minimum atomic E-state index is -0.175. The number of hydrogen-bond acceptors (Lipinski definition) is 3. The molecule has 1 aliphatic rings. The minimum absolute atomic E-state index is 0.0338. The molecule has 1 aliphatic heterocycles. The summed E-state index contributed by atoms with van der Waals surface area (Å²) in [7, 11) is 0. The highest BCUT2D eigenvalue weighted by Gasteiger charge is 2.37. The highest BCUT2D eigenvalue weighted by Crippen LogP contribution is 2.53. The number of hydrogen-bond donors (Lipinski definition) is 0. The molecule has 19 heavy (non-hydrogen) atoms. The first-order valence-electron chi connectivity index (χ1n) is 6.21. The molecule has 0 spiro atoms. The third-order valence-electron chi connectivity index (χ3n) is 3.21. The van der Waals surface area contributed by atoms with Crippen LogP contribution in [0, 0.1) is 5.82 Å². The minimum Gasteiger partial charge on any atom is -0.264 e. The fraction of sp³-hybridized carbons (Fsp3) is 0.267. The lowest BCUT2D eigenvalue weighted by molar-refractivity contribution is 0.626. The van der Waals surface area contributed by atoms with Gasteiger partial charge in [-0.15, -0.1) is 23.5 Å². The van der Waals surface area contributed by atoms with Gasteiger partial charge in [0.2, 0.25) is 0 Å². The summed E-state index contributed by atoms with van der Waals surface area (Å²) in [5.74, 6) is 2.13. The molecule has 1 aromatic carbocycles. The molecule has 0 unspecified atom stereocenters. The fourth-order valence-corrected chi connectivity index (χ4v) is 5.56. The van der Waals surface area contributed by atoms with Crippen LogP contribution >= 0.6 is 23.5 Å². The number of thioether (sulfide) groups is 2. The zero-order valence-electron chi connectivity index (χ0n) is 10.4. The van der Waals surface area contributed by atoms with Gasteiger partial charge in [0, 0.05) is 30.3 Å². The van der Waals surface area contributed by atoms with Gasteiger partial charge in [-0.3, -0.25) is 4.98 Å². The molecule has 0 saturated carbocycles. The highest BCUT2D eigenvalue weighted by molar-refractivity contribution is 8.20. The molecule has 0 aliphatic carbocycles. The largest absolute Gasteiger partial charge is 0.264 e. The monoisotopic (exact) mass is 291 g/mol. The molecule has 4 heteroatoms. The predicted octanol–water partition coefficient (Wildman–Crippen LogP) is 4.10. The maximum atomic E-state index is 13.0. The zero-order chi connectivity index (χ0) is 13.1. The van der Waals surface area contributed by atoms with E-state index >= 15 is 0 Å². The molecule has 0 bridgehead atoms. The first kappa shape index (κ1) is 13.0. The van der Waals surface area contributed by atoms with Gasteiger partial charge in [0.25, 0.3) is 0 Å². The Morgan fingerprint density at radius 1 is 1.11 bits per heavy atom. The van der Waals surface area contributed by atoms with Crippen LogP contribution in [0.3, 0.4) is 0 Å². The van der Waals surface area contributed by atoms with Crippen LogP contribution in [-0.4, -0.2) is 16.5 Å². The van der Waals surface area contributed by atoms with E-state index in [1.54, 1.807) is 6.20 Å². The van der Waals surface area contributed by atoms with Gasteiger partial charge in [-0.1, -0.05) is 18.2 Å². The van der Waals surface area contributed by atoms with E-state index in [9.17, 15) is 4.39 Å². The standard InChI is InChI=1S/C15H14FNS2/c16-14-5-3-12(4-6-14)10-15(18-8-9-19-15)13-2-1-7-17-11-13/h1-7,11H,8-10H2. The van der Waals surface area contributed by atoms with E-state index in [-0.39, 0.29) is 9.90 Å². The summed E-state index contributed by atoms with van der Waals surface area (Å²) in [5.41, 5.74) is 2.43. The number of halogens is 1. The first-order chi connectivity index (χ1) is 9.28. The Labute approximate surface area is 121 Å². The van der Waals surface area contributed by atoms with Crippen LogP contribution in [-0.2, 0) is 10.5 Å². The van der Waals surface area contributed by atoms with Gasteiger partial charge in [0.05, 0.1) is 4.08 Å². The summed E-state index contributed by atoms with van der Waals surface area (Å²) in [6.45, 7) is 0. The van der Waals surface area contributed by atoms with Crippen molar-refractivity contribution in [1.82, 2.24) is 4.98 Å². The number of nitrogens with zero attached hydrogens (tertiary/aromatic N) is 1. The lowest BCUT2D eigenvalue weighted by atomic mass is 10.0. The Morgan fingerprint density at radius 2 is 1.84 bits per heavy atom. The fourth-order valence-electron chi connectivity index (χ4n) is 2.28. The molecule has 2 heterocycles. The van der Waals surface area contributed by atoms with Crippen molar-refractivity contribution in [3.63, 3.8) is 0 Å². The van der Waals surface area contributed by atoms with E-state index in [1.165, 1.54) is 23.3 Å². The van der Waals surface area contributed by atoms with Crippen LogP contribution in [0.1, 0.15) is 11.1 Å². The zero-order valence-corrected chi connectivity index (χ0v) is 12.0. The Kier molecular flexibility index (Phi) is 3.80. The average molecular weight is 291 g/mol. The van der Waals surface area contributed by atoms with Gasteiger partial charge in [-0.05, 0) is 29.3 Å². The second-order valence-electron chi connectivity index (χ2n) is 4.49. The molecule has 98 valence electrons. The van der Waals surface area contributed by atoms with E-state index in [2.05, 4.69) is 11.1 Å². The maximum absolute atomic E-state index is 13.0. The molecule has 2 aromatic rings. The van der Waals surface area contributed by atoms with E-state index in [4.69, 9.17) is 0 Å². The SMILES string of the molecule is Fc1ccc(CC2(c3cccnc3)SCCS2)cc1. The Hall–Kier alpha value is -1.000. The van der Waals surface area contributed by atoms with Crippen molar-refractivity contribution in [2.24, 2.45) is 0 Å². The molecular weight excluding hydrogens is 277 g/mol. The molecule has 1 nitrogen and oxygen atoms in total. The molecule has 1 fully saturated rings. The Morgan fingerprint density at radius 3 is 2.47 bits per heavy atom. The van der Waals surface area contributed by atoms with Crippen molar-refractivity contribution in [2.45, 2.75) is 10.5 Å². The number of pyridine rings is 1. The summed E-state index contributed by atoms with van der Waals surface area (Å²) in [4.78, 5) is 4.24. The second kappa shape index (κ2) is 5.55. The van der Waals surface area contributed by atoms with Crippen molar-refractivity contribution >= 4 is 23.5 Å². The summed E-state index contributed by atoms with van der Waals surface area (Å²) in [6, 6.07) is 11.0. The van der Waals surface area contributed by atoms with E-state index in [0.717, 1.165) is 17.9 Å². The van der Waals surface area contributed by atoms with Crippen molar-refractivity contribution in [3.8, 4) is 0 Å². The summed E-state index contributed by atoms with van der Waals surface area (Å²) >= 11 is 3.94. The van der Waals surface area contributed by atoms with Crippen LogP contribution in [0.25, 0.3) is 0 Å². The van der Waals surface area contributed by atoms with E-state index in [0.29, 0.717) is 0 Å². The molecule has 0 radical (unpaired) electrons. The van der Waals surface area contributed by atoms with E-state index in [1.807, 2.05) is 47.9 Å². The summed E-state index contributed by atoms with van der Waals surface area (Å²) < 4.78 is 13.0. The third kappa shape index (κ3) is 2.79. The molecule has 1 aromatic heterocycles. The smallest absolute Gasteiger partial charge is 0.123 e. The van der Waals surface area contributed by atoms with Crippen LogP contribution in [0.4, 0.5) is 4.39 Å². The summed E-state index contributed by atoms with van der Waals surface area (Å²) in [6.07, 6.45) is 4.67. The van der Waals surface area contributed by atoms with Crippen LogP contribution < -0.4 is 0 Å². The lowest BCUT2D eigenvalue weighted by Gasteiger charge is -2.27. The quantitative estimate of drug-likeness (QED) is 0.845. The summed E-state index contributed by atoms with van der Waals surface area (Å²) in [5, 5.41) is 0.